The summed E-state index contributed by atoms with van der Waals surface area (Å²) in [4.78, 5) is 10.6. The highest BCUT2D eigenvalue weighted by molar-refractivity contribution is 9.10. The Balaban J connectivity index is 2.19. The minimum Gasteiger partial charge on any atom is -0.490 e. The van der Waals surface area contributed by atoms with Crippen molar-refractivity contribution in [2.45, 2.75) is 20.1 Å². The van der Waals surface area contributed by atoms with Crippen molar-refractivity contribution in [1.82, 2.24) is 5.32 Å². The Morgan fingerprint density at radius 3 is 2.69 bits per heavy atom. The summed E-state index contributed by atoms with van der Waals surface area (Å²) in [5.74, 6) is -0.466. The van der Waals surface area contributed by atoms with E-state index in [2.05, 4.69) is 21.2 Å². The molecule has 0 saturated heterocycles. The van der Waals surface area contributed by atoms with Crippen molar-refractivity contribution in [3.05, 3.63) is 56.8 Å². The molecule has 2 rings (SSSR count). The Morgan fingerprint density at radius 1 is 1.31 bits per heavy atom. The van der Waals surface area contributed by atoms with Crippen molar-refractivity contribution < 1.29 is 23.8 Å². The van der Waals surface area contributed by atoms with Crippen molar-refractivity contribution in [1.29, 1.82) is 0 Å². The van der Waals surface area contributed by atoms with Crippen LogP contribution in [0, 0.1) is 5.82 Å². The van der Waals surface area contributed by atoms with E-state index in [0.29, 0.717) is 29.1 Å². The molecule has 0 aliphatic heterocycles. The lowest BCUT2D eigenvalue weighted by atomic mass is 10.2. The first-order valence-electron chi connectivity index (χ1n) is 7.85. The van der Waals surface area contributed by atoms with Gasteiger partial charge in [-0.05, 0) is 36.8 Å². The summed E-state index contributed by atoms with van der Waals surface area (Å²) in [6.07, 6.45) is 0. The number of halogens is 3. The van der Waals surface area contributed by atoms with Crippen LogP contribution in [0.25, 0.3) is 0 Å². The van der Waals surface area contributed by atoms with Crippen molar-refractivity contribution in [3.63, 3.8) is 0 Å². The molecule has 0 aliphatic carbocycles. The zero-order valence-corrected chi connectivity index (χ0v) is 16.4. The van der Waals surface area contributed by atoms with Gasteiger partial charge in [0.2, 0.25) is 0 Å². The van der Waals surface area contributed by atoms with Gasteiger partial charge in [-0.25, -0.2) is 4.39 Å². The van der Waals surface area contributed by atoms with E-state index >= 15 is 0 Å². The highest BCUT2D eigenvalue weighted by atomic mass is 79.9. The fraction of sp³-hybridized carbons (Fsp3) is 0.278. The first kappa shape index (κ1) is 20.5. The molecule has 2 N–H and O–H groups in total. The first-order valence-corrected chi connectivity index (χ1v) is 9.02. The molecule has 0 atom stereocenters. The number of ether oxygens (including phenoxy) is 2. The van der Waals surface area contributed by atoms with Crippen LogP contribution in [0.4, 0.5) is 4.39 Å². The third kappa shape index (κ3) is 5.59. The van der Waals surface area contributed by atoms with Crippen LogP contribution in [0.15, 0.2) is 34.8 Å². The van der Waals surface area contributed by atoms with E-state index in [1.165, 1.54) is 12.1 Å². The highest BCUT2D eigenvalue weighted by Gasteiger charge is 2.14. The van der Waals surface area contributed by atoms with Gasteiger partial charge in [0.25, 0.3) is 0 Å². The number of aliphatic carboxylic acids is 1. The molecule has 0 radical (unpaired) electrons. The Hall–Kier alpha value is -1.83. The topological polar surface area (TPSA) is 67.8 Å². The van der Waals surface area contributed by atoms with Gasteiger partial charge in [0.1, 0.15) is 12.4 Å². The third-order valence-electron chi connectivity index (χ3n) is 3.44. The molecule has 0 aromatic heterocycles. The maximum Gasteiger partial charge on any atom is 0.317 e. The van der Waals surface area contributed by atoms with Gasteiger partial charge in [-0.2, -0.15) is 0 Å². The molecule has 26 heavy (non-hydrogen) atoms. The molecule has 8 heteroatoms. The first-order chi connectivity index (χ1) is 12.4. The fourth-order valence-corrected chi connectivity index (χ4v) is 2.90. The minimum atomic E-state index is -0.937. The molecule has 5 nitrogen and oxygen atoms in total. The van der Waals surface area contributed by atoms with Gasteiger partial charge < -0.3 is 19.9 Å². The number of rotatable bonds is 9. The van der Waals surface area contributed by atoms with E-state index in [1.54, 1.807) is 18.2 Å². The van der Waals surface area contributed by atoms with E-state index in [-0.39, 0.29) is 23.7 Å². The molecule has 2 aromatic rings. The summed E-state index contributed by atoms with van der Waals surface area (Å²) in [5, 5.41) is 11.8. The molecule has 0 saturated carbocycles. The number of carboxylic acid groups (broad SMARTS) is 1. The standard InChI is InChI=1S/C18H18BrClFNO4/c1-2-25-16-6-11(8-22-9-18(23)24)13(19)7-17(16)26-10-12-14(20)4-3-5-15(12)21/h3-7,22H,2,8-10H2,1H3,(H,23,24). The van der Waals surface area contributed by atoms with Crippen LogP contribution in [-0.4, -0.2) is 24.2 Å². The van der Waals surface area contributed by atoms with Gasteiger partial charge in [0.15, 0.2) is 11.5 Å². The molecule has 0 bridgehead atoms. The Morgan fingerprint density at radius 2 is 2.04 bits per heavy atom. The summed E-state index contributed by atoms with van der Waals surface area (Å²) in [5.41, 5.74) is 1.07. The summed E-state index contributed by atoms with van der Waals surface area (Å²) in [7, 11) is 0. The van der Waals surface area contributed by atoms with Crippen LogP contribution in [0.2, 0.25) is 5.02 Å². The van der Waals surface area contributed by atoms with Crippen LogP contribution in [0.3, 0.4) is 0 Å². The molecule has 0 spiro atoms. The zero-order valence-electron chi connectivity index (χ0n) is 14.0. The summed E-state index contributed by atoms with van der Waals surface area (Å²) in [6, 6.07) is 7.90. The molecular formula is C18H18BrClFNO4. The largest absolute Gasteiger partial charge is 0.490 e. The van der Waals surface area contributed by atoms with Gasteiger partial charge in [-0.1, -0.05) is 33.6 Å². The number of nitrogens with one attached hydrogen (secondary N) is 1. The number of hydrogen-bond donors (Lipinski definition) is 2. The van der Waals surface area contributed by atoms with E-state index in [1.807, 2.05) is 6.92 Å². The molecule has 0 aliphatic rings. The van der Waals surface area contributed by atoms with E-state index in [0.717, 1.165) is 5.56 Å². The SMILES string of the molecule is CCOc1cc(CNCC(=O)O)c(Br)cc1OCc1c(F)cccc1Cl. The lowest BCUT2D eigenvalue weighted by Crippen LogP contribution is -2.22. The van der Waals surface area contributed by atoms with Gasteiger partial charge in [-0.3, -0.25) is 4.79 Å². The summed E-state index contributed by atoms with van der Waals surface area (Å²) in [6.45, 7) is 2.39. The van der Waals surface area contributed by atoms with Gasteiger partial charge >= 0.3 is 5.97 Å². The molecule has 0 amide bonds. The van der Waals surface area contributed by atoms with Crippen LogP contribution in [-0.2, 0) is 17.9 Å². The quantitative estimate of drug-likeness (QED) is 0.598. The number of carboxylic acids is 1. The average molecular weight is 447 g/mol. The molecule has 2 aromatic carbocycles. The highest BCUT2D eigenvalue weighted by Crippen LogP contribution is 2.35. The van der Waals surface area contributed by atoms with Gasteiger partial charge in [0, 0.05) is 16.6 Å². The fourth-order valence-electron chi connectivity index (χ4n) is 2.22. The number of hydrogen-bond acceptors (Lipinski definition) is 4. The maximum absolute atomic E-state index is 13.9. The monoisotopic (exact) mass is 445 g/mol. The van der Waals surface area contributed by atoms with Crippen LogP contribution in [0.5, 0.6) is 11.5 Å². The van der Waals surface area contributed by atoms with Crippen molar-refractivity contribution >= 4 is 33.5 Å². The molecule has 0 unspecified atom stereocenters. The Kier molecular flexibility index (Phi) is 7.68. The predicted molar refractivity (Wildman–Crippen MR) is 100 cm³/mol. The number of carbonyl (C=O) groups is 1. The lowest BCUT2D eigenvalue weighted by molar-refractivity contribution is -0.135. The maximum atomic E-state index is 13.9. The van der Waals surface area contributed by atoms with Gasteiger partial charge in [0.05, 0.1) is 18.2 Å². The van der Waals surface area contributed by atoms with E-state index in [4.69, 9.17) is 26.2 Å². The van der Waals surface area contributed by atoms with Crippen molar-refractivity contribution in [3.8, 4) is 11.5 Å². The van der Waals surface area contributed by atoms with Crippen molar-refractivity contribution in [2.75, 3.05) is 13.2 Å². The van der Waals surface area contributed by atoms with Crippen molar-refractivity contribution in [2.24, 2.45) is 0 Å². The number of benzene rings is 2. The molecule has 140 valence electrons. The zero-order chi connectivity index (χ0) is 19.1. The normalized spacial score (nSPS) is 10.6. The smallest absolute Gasteiger partial charge is 0.317 e. The van der Waals surface area contributed by atoms with Crippen LogP contribution < -0.4 is 14.8 Å². The summed E-state index contributed by atoms with van der Waals surface area (Å²) < 4.78 is 25.9. The average Bonchev–Trinajstić information content (AvgIpc) is 2.57. The van der Waals surface area contributed by atoms with Crippen LogP contribution >= 0.6 is 27.5 Å². The Bertz CT molecular complexity index is 768. The third-order valence-corrected chi connectivity index (χ3v) is 4.53. The van der Waals surface area contributed by atoms with Gasteiger partial charge in [-0.15, -0.1) is 0 Å². The molecule has 0 heterocycles. The second-order valence-electron chi connectivity index (χ2n) is 5.31. The second-order valence-corrected chi connectivity index (χ2v) is 6.57. The predicted octanol–water partition coefficient (Wildman–Crippen LogP) is 4.39. The van der Waals surface area contributed by atoms with E-state index < -0.39 is 11.8 Å². The summed E-state index contributed by atoms with van der Waals surface area (Å²) >= 11 is 9.45. The van der Waals surface area contributed by atoms with Crippen LogP contribution in [0.1, 0.15) is 18.1 Å². The molecule has 0 fully saturated rings. The second kappa shape index (κ2) is 9.75. The van der Waals surface area contributed by atoms with E-state index in [9.17, 15) is 9.18 Å². The minimum absolute atomic E-state index is 0.0470. The Labute approximate surface area is 164 Å². The molecular weight excluding hydrogens is 429 g/mol. The lowest BCUT2D eigenvalue weighted by Gasteiger charge is -2.16.